The number of fused-ring (bicyclic) bond motifs is 1. The molecule has 2 aliphatic rings. The summed E-state index contributed by atoms with van der Waals surface area (Å²) in [7, 11) is 0. The van der Waals surface area contributed by atoms with E-state index < -0.39 is 0 Å². The molecule has 1 unspecified atom stereocenters. The summed E-state index contributed by atoms with van der Waals surface area (Å²) < 4.78 is 12.6. The first-order valence-electron chi connectivity index (χ1n) is 5.83. The molecule has 3 nitrogen and oxygen atoms in total. The van der Waals surface area contributed by atoms with Crippen LogP contribution in [0.5, 0.6) is 5.75 Å². The first kappa shape index (κ1) is 11.2. The predicted octanol–water partition coefficient (Wildman–Crippen LogP) is 3.15. The average molecular weight is 296 g/mol. The third-order valence-electron chi connectivity index (χ3n) is 3.38. The lowest BCUT2D eigenvalue weighted by Crippen LogP contribution is -2.48. The van der Waals surface area contributed by atoms with Gasteiger partial charge in [0.25, 0.3) is 0 Å². The van der Waals surface area contributed by atoms with Crippen molar-refractivity contribution in [3.05, 3.63) is 28.2 Å². The monoisotopic (exact) mass is 295 g/mol. The highest BCUT2D eigenvalue weighted by atomic mass is 79.9. The maximum Gasteiger partial charge on any atom is 0.138 e. The third kappa shape index (κ3) is 2.00. The lowest BCUT2D eigenvalue weighted by atomic mass is 9.85. The summed E-state index contributed by atoms with van der Waals surface area (Å²) in [4.78, 5) is 0. The van der Waals surface area contributed by atoms with E-state index in [0.717, 1.165) is 35.2 Å². The molecule has 0 aliphatic carbocycles. The summed E-state index contributed by atoms with van der Waals surface area (Å²) in [6.45, 7) is 1.41. The lowest BCUT2D eigenvalue weighted by Gasteiger charge is -2.41. The quantitative estimate of drug-likeness (QED) is 0.799. The molecule has 1 spiro atoms. The van der Waals surface area contributed by atoms with E-state index in [0.29, 0.717) is 18.7 Å². The van der Waals surface area contributed by atoms with E-state index in [2.05, 4.69) is 15.9 Å². The van der Waals surface area contributed by atoms with Crippen LogP contribution in [0.1, 0.15) is 24.8 Å². The van der Waals surface area contributed by atoms with Crippen molar-refractivity contribution in [1.82, 2.24) is 0 Å². The number of nitrogens with one attached hydrogen (secondary N) is 1. The molecule has 0 saturated carbocycles. The number of hydrogen-bond acceptors (Lipinski definition) is 3. The van der Waals surface area contributed by atoms with Crippen molar-refractivity contribution < 1.29 is 9.47 Å². The molecule has 4 heteroatoms. The van der Waals surface area contributed by atoms with Gasteiger partial charge in [0.1, 0.15) is 11.4 Å². The molecule has 90 valence electrons. The van der Waals surface area contributed by atoms with Gasteiger partial charge in [-0.3, -0.25) is 0 Å². The summed E-state index contributed by atoms with van der Waals surface area (Å²) in [6, 6.07) is 5.84. The minimum atomic E-state index is -0.295. The van der Waals surface area contributed by atoms with Gasteiger partial charge in [0.2, 0.25) is 0 Å². The van der Waals surface area contributed by atoms with Gasteiger partial charge in [-0.1, -0.05) is 15.9 Å². The Morgan fingerprint density at radius 3 is 3.00 bits per heavy atom. The van der Waals surface area contributed by atoms with Crippen LogP contribution in [0.15, 0.2) is 22.7 Å². The van der Waals surface area contributed by atoms with Crippen molar-refractivity contribution in [1.29, 1.82) is 5.41 Å². The van der Waals surface area contributed by atoms with Crippen LogP contribution in [-0.2, 0) is 4.74 Å². The Hall–Kier alpha value is -0.870. The van der Waals surface area contributed by atoms with Gasteiger partial charge < -0.3 is 14.9 Å². The standard InChI is InChI=1S/C13H14BrNO2/c14-9-2-3-12-10(6-9)11(15)7-13(17-12)4-1-5-16-8-13/h2-3,6,15H,1,4-5,7-8H2. The van der Waals surface area contributed by atoms with Crippen LogP contribution >= 0.6 is 15.9 Å². The number of halogens is 1. The highest BCUT2D eigenvalue weighted by Crippen LogP contribution is 2.38. The summed E-state index contributed by atoms with van der Waals surface area (Å²) in [5, 5.41) is 8.17. The van der Waals surface area contributed by atoms with E-state index in [1.54, 1.807) is 0 Å². The van der Waals surface area contributed by atoms with Gasteiger partial charge in [-0.15, -0.1) is 0 Å². The zero-order chi connectivity index (χ0) is 11.9. The van der Waals surface area contributed by atoms with Gasteiger partial charge in [0.05, 0.1) is 6.61 Å². The molecule has 2 heterocycles. The van der Waals surface area contributed by atoms with E-state index in [1.165, 1.54) is 0 Å². The fraction of sp³-hybridized carbons (Fsp3) is 0.462. The summed E-state index contributed by atoms with van der Waals surface area (Å²) in [5.74, 6) is 0.815. The zero-order valence-electron chi connectivity index (χ0n) is 9.46. The Morgan fingerprint density at radius 2 is 2.24 bits per heavy atom. The molecule has 0 amide bonds. The van der Waals surface area contributed by atoms with Crippen LogP contribution in [0, 0.1) is 5.41 Å². The summed E-state index contributed by atoms with van der Waals surface area (Å²) in [5.41, 5.74) is 1.25. The second kappa shape index (κ2) is 4.10. The molecule has 1 atom stereocenters. The Kier molecular flexibility index (Phi) is 2.71. The van der Waals surface area contributed by atoms with Crippen LogP contribution in [0.3, 0.4) is 0 Å². The van der Waals surface area contributed by atoms with Gasteiger partial charge in [0.15, 0.2) is 0 Å². The largest absolute Gasteiger partial charge is 0.484 e. The predicted molar refractivity (Wildman–Crippen MR) is 69.0 cm³/mol. The van der Waals surface area contributed by atoms with Crippen LogP contribution < -0.4 is 4.74 Å². The minimum absolute atomic E-state index is 0.295. The topological polar surface area (TPSA) is 42.3 Å². The first-order valence-corrected chi connectivity index (χ1v) is 6.62. The number of rotatable bonds is 0. The highest BCUT2D eigenvalue weighted by molar-refractivity contribution is 9.10. The highest BCUT2D eigenvalue weighted by Gasteiger charge is 2.40. The normalized spacial score (nSPS) is 27.7. The molecule has 0 aromatic heterocycles. The Labute approximate surface area is 109 Å². The van der Waals surface area contributed by atoms with Crippen molar-refractivity contribution in [3.63, 3.8) is 0 Å². The Morgan fingerprint density at radius 1 is 1.35 bits per heavy atom. The average Bonchev–Trinajstić information content (AvgIpc) is 2.31. The van der Waals surface area contributed by atoms with Gasteiger partial charge >= 0.3 is 0 Å². The van der Waals surface area contributed by atoms with Gasteiger partial charge in [-0.2, -0.15) is 0 Å². The van der Waals surface area contributed by atoms with Gasteiger partial charge in [0, 0.05) is 28.8 Å². The van der Waals surface area contributed by atoms with Crippen LogP contribution in [0.25, 0.3) is 0 Å². The Bertz CT molecular complexity index is 466. The molecule has 1 fully saturated rings. The molecular weight excluding hydrogens is 282 g/mol. The van der Waals surface area contributed by atoms with Gasteiger partial charge in [-0.25, -0.2) is 0 Å². The zero-order valence-corrected chi connectivity index (χ0v) is 11.0. The van der Waals surface area contributed by atoms with E-state index in [-0.39, 0.29) is 5.60 Å². The number of hydrogen-bond donors (Lipinski definition) is 1. The fourth-order valence-electron chi connectivity index (χ4n) is 2.56. The summed E-state index contributed by atoms with van der Waals surface area (Å²) in [6.07, 6.45) is 2.64. The minimum Gasteiger partial charge on any atom is -0.484 e. The van der Waals surface area contributed by atoms with Gasteiger partial charge in [-0.05, 0) is 31.0 Å². The fourth-order valence-corrected chi connectivity index (χ4v) is 2.92. The second-order valence-corrected chi connectivity index (χ2v) is 5.65. The van der Waals surface area contributed by atoms with Crippen molar-refractivity contribution >= 4 is 21.6 Å². The molecule has 0 bridgehead atoms. The molecule has 3 rings (SSSR count). The molecule has 2 aliphatic heterocycles. The van der Waals surface area contributed by atoms with Crippen molar-refractivity contribution in [3.8, 4) is 5.75 Å². The molecule has 1 aromatic carbocycles. The van der Waals surface area contributed by atoms with E-state index in [1.807, 2.05) is 18.2 Å². The molecule has 1 saturated heterocycles. The van der Waals surface area contributed by atoms with Crippen molar-refractivity contribution in [2.75, 3.05) is 13.2 Å². The molecule has 1 N–H and O–H groups in total. The van der Waals surface area contributed by atoms with Crippen LogP contribution in [0.2, 0.25) is 0 Å². The SMILES string of the molecule is N=C1CC2(CCCOC2)Oc2ccc(Br)cc21. The Balaban J connectivity index is 1.97. The lowest BCUT2D eigenvalue weighted by molar-refractivity contribution is -0.0662. The molecular formula is C13H14BrNO2. The van der Waals surface area contributed by atoms with Crippen molar-refractivity contribution in [2.24, 2.45) is 0 Å². The van der Waals surface area contributed by atoms with Crippen LogP contribution in [-0.4, -0.2) is 24.5 Å². The first-order chi connectivity index (χ1) is 8.19. The van der Waals surface area contributed by atoms with E-state index in [4.69, 9.17) is 14.9 Å². The van der Waals surface area contributed by atoms with Crippen LogP contribution in [0.4, 0.5) is 0 Å². The van der Waals surface area contributed by atoms with E-state index in [9.17, 15) is 0 Å². The number of ether oxygens (including phenoxy) is 2. The molecule has 17 heavy (non-hydrogen) atoms. The maximum atomic E-state index is 8.17. The number of benzene rings is 1. The third-order valence-corrected chi connectivity index (χ3v) is 3.87. The van der Waals surface area contributed by atoms with Crippen molar-refractivity contribution in [2.45, 2.75) is 24.9 Å². The molecule has 0 radical (unpaired) electrons. The summed E-state index contributed by atoms with van der Waals surface area (Å²) >= 11 is 3.43. The smallest absolute Gasteiger partial charge is 0.138 e. The van der Waals surface area contributed by atoms with E-state index >= 15 is 0 Å². The molecule has 1 aromatic rings. The maximum absolute atomic E-state index is 8.17. The second-order valence-electron chi connectivity index (χ2n) is 4.74.